The number of aryl methyl sites for hydroxylation is 3. The molecule has 9 rings (SSSR count). The number of fused-ring (bicyclic) bond motifs is 9. The lowest BCUT2D eigenvalue weighted by molar-refractivity contribution is -0.275. The predicted octanol–water partition coefficient (Wildman–Crippen LogP) is 6.89. The Morgan fingerprint density at radius 3 is 0.755 bits per heavy atom. The summed E-state index contributed by atoms with van der Waals surface area (Å²) < 4.78 is 195. The van der Waals surface area contributed by atoms with Crippen LogP contribution in [0.5, 0.6) is 34.5 Å². The van der Waals surface area contributed by atoms with E-state index in [1.54, 1.807) is 0 Å². The minimum Gasteiger partial charge on any atom is -0.477 e. The van der Waals surface area contributed by atoms with E-state index in [0.717, 1.165) is 112 Å². The molecule has 6 aromatic rings. The van der Waals surface area contributed by atoms with Crippen LogP contribution in [0.25, 0.3) is 32.7 Å². The number of ether oxygens (including phenoxy) is 15. The molecule has 0 unspecified atom stereocenters. The van der Waals surface area contributed by atoms with Crippen molar-refractivity contribution in [2.45, 2.75) is 136 Å². The van der Waals surface area contributed by atoms with E-state index in [1.165, 1.54) is 39.3 Å². The molecule has 9 atom stereocenters. The monoisotopic (exact) mass is 1460 g/mol. The summed E-state index contributed by atoms with van der Waals surface area (Å²) in [6.07, 6.45) is -27.3. The summed E-state index contributed by atoms with van der Waals surface area (Å²) in [5.74, 6) is -9.93. The first-order valence-corrected chi connectivity index (χ1v) is 29.6. The number of hydrogen-bond donors (Lipinski definition) is 0. The molecular weight excluding hydrogens is 1400 g/mol. The quantitative estimate of drug-likeness (QED) is 0.0573. The zero-order valence-electron chi connectivity index (χ0n) is 55.3. The van der Waals surface area contributed by atoms with Gasteiger partial charge in [0.15, 0.2) is 72.2 Å². The Kier molecular flexibility index (Phi) is 23.8. The normalized spacial score (nSPS) is 19.6. The van der Waals surface area contributed by atoms with Gasteiger partial charge in [0.25, 0.3) is 16.7 Å². The number of nitrogens with zero attached hydrogens (tertiary/aromatic N) is 3. The molecule has 0 saturated heterocycles. The van der Waals surface area contributed by atoms with Crippen LogP contribution in [0.2, 0.25) is 0 Å². The Labute approximate surface area is 566 Å². The first-order valence-electron chi connectivity index (χ1n) is 29.6. The number of esters is 9. The summed E-state index contributed by atoms with van der Waals surface area (Å²) in [5.41, 5.74) is -1.99. The highest BCUT2D eigenvalue weighted by Crippen LogP contribution is 2.46. The lowest BCUT2D eigenvalue weighted by Gasteiger charge is -2.38. The third-order valence-corrected chi connectivity index (χ3v) is 14.6. The lowest BCUT2D eigenvalue weighted by Crippen LogP contribution is -2.49. The fourth-order valence-electron chi connectivity index (χ4n) is 11.0. The molecule has 552 valence electrons. The SMILES string of the molecule is CC(=O)OC[C@H]1Oc2c(c3cc(OC(F)(F)F)ccc3n(C)c2=O)[C@@H](OC(C)=O)[C@@H]1OC(C)=O.CC(=O)OC[C@H]1Oc2c(c3cc(OC(F)(F)F)ccc3n(C)c2=O)[C@@H](OC(C)=O)[C@@H]1OC(C)=O.CC(=O)OC[C@H]1Oc2c(c3cc(OC(F)(F)F)ccc3n(C)c2=O)[C@@H](OC(C)=O)[C@@H]1OC(C)=O. The molecule has 3 aliphatic rings. The molecule has 39 heteroatoms. The Morgan fingerprint density at radius 1 is 0.353 bits per heavy atom. The first-order chi connectivity index (χ1) is 47.3. The molecule has 0 spiro atoms. The zero-order chi connectivity index (χ0) is 76.1. The van der Waals surface area contributed by atoms with Gasteiger partial charge >= 0.3 is 72.8 Å². The minimum absolute atomic E-state index is 0.0215. The van der Waals surface area contributed by atoms with Crippen LogP contribution in [0.3, 0.4) is 0 Å². The molecule has 0 amide bonds. The summed E-state index contributed by atoms with van der Waals surface area (Å²) in [6, 6.07) is 9.68. The van der Waals surface area contributed by atoms with Crippen molar-refractivity contribution in [2.24, 2.45) is 21.1 Å². The second-order valence-electron chi connectivity index (χ2n) is 22.2. The van der Waals surface area contributed by atoms with E-state index in [-0.39, 0.29) is 66.6 Å². The van der Waals surface area contributed by atoms with Crippen molar-refractivity contribution < 1.29 is 154 Å². The molecule has 6 heterocycles. The first kappa shape index (κ1) is 78.0. The van der Waals surface area contributed by atoms with Crippen molar-refractivity contribution in [1.29, 1.82) is 0 Å². The molecule has 3 aromatic carbocycles. The maximum Gasteiger partial charge on any atom is 0.573 e. The van der Waals surface area contributed by atoms with Gasteiger partial charge in [-0.2, -0.15) is 0 Å². The van der Waals surface area contributed by atoms with Crippen LogP contribution in [-0.2, 0) is 107 Å². The second kappa shape index (κ2) is 31.1. The molecule has 3 aromatic heterocycles. The van der Waals surface area contributed by atoms with Gasteiger partial charge in [-0.05, 0) is 54.6 Å². The minimum atomic E-state index is -4.99. The zero-order valence-corrected chi connectivity index (χ0v) is 55.3. The average Bonchev–Trinajstić information content (AvgIpc) is 0.747. The van der Waals surface area contributed by atoms with Gasteiger partial charge in [-0.3, -0.25) is 57.5 Å². The fourth-order valence-corrected chi connectivity index (χ4v) is 11.0. The molecule has 102 heavy (non-hydrogen) atoms. The van der Waals surface area contributed by atoms with Crippen LogP contribution >= 0.6 is 0 Å². The van der Waals surface area contributed by atoms with Gasteiger partial charge in [-0.25, -0.2) is 0 Å². The number of carbonyl (C=O) groups excluding carboxylic acids is 9. The topological polar surface area (TPSA) is 358 Å². The van der Waals surface area contributed by atoms with Gasteiger partial charge in [0.2, 0.25) is 0 Å². The smallest absolute Gasteiger partial charge is 0.477 e. The van der Waals surface area contributed by atoms with Crippen molar-refractivity contribution >= 4 is 86.4 Å². The number of hydrogen-bond acceptors (Lipinski definition) is 27. The Bertz CT molecular complexity index is 4060. The highest BCUT2D eigenvalue weighted by atomic mass is 19.4. The van der Waals surface area contributed by atoms with Gasteiger partial charge in [0.05, 0.1) is 33.2 Å². The van der Waals surface area contributed by atoms with Crippen LogP contribution in [0.1, 0.15) is 97.3 Å². The molecule has 30 nitrogen and oxygen atoms in total. The highest BCUT2D eigenvalue weighted by Gasteiger charge is 2.50. The predicted molar refractivity (Wildman–Crippen MR) is 321 cm³/mol. The fraction of sp³-hybridized carbons (Fsp3) is 0.429. The molecule has 0 bridgehead atoms. The highest BCUT2D eigenvalue weighted by molar-refractivity contribution is 5.90. The van der Waals surface area contributed by atoms with Crippen molar-refractivity contribution in [1.82, 2.24) is 13.7 Å². The third-order valence-electron chi connectivity index (χ3n) is 14.6. The lowest BCUT2D eigenvalue weighted by atomic mass is 9.92. The van der Waals surface area contributed by atoms with Crippen LogP contribution in [0.4, 0.5) is 39.5 Å². The summed E-state index contributed by atoms with van der Waals surface area (Å²) in [5, 5.41) is 0.0644. The van der Waals surface area contributed by atoms with Crippen molar-refractivity contribution in [2.75, 3.05) is 19.8 Å². The Balaban J connectivity index is 0.000000214. The number of pyridine rings is 3. The van der Waals surface area contributed by atoms with Crippen molar-refractivity contribution in [3.8, 4) is 34.5 Å². The standard InChI is InChI=1S/3C21H20F3NO9/c3*1-9(26)30-8-15-17(31-10(2)27)18(32-11(3)28)16-13-7-12(34-21(22,23)24)5-6-14(13)25(4)20(29)19(16)33-15/h3*5-7,15,17-18H,8H2,1-4H3/t3*15-,17-,18-/m111/s1. The number of aromatic nitrogens is 3. The molecule has 3 aliphatic heterocycles. The Hall–Kier alpha value is -11.3. The van der Waals surface area contributed by atoms with E-state index in [4.69, 9.17) is 56.8 Å². The maximum absolute atomic E-state index is 13.1. The number of benzene rings is 3. The van der Waals surface area contributed by atoms with E-state index >= 15 is 0 Å². The van der Waals surface area contributed by atoms with E-state index in [9.17, 15) is 97.0 Å². The van der Waals surface area contributed by atoms with E-state index in [1.807, 2.05) is 0 Å². The molecule has 0 radical (unpaired) electrons. The summed E-state index contributed by atoms with van der Waals surface area (Å²) >= 11 is 0. The summed E-state index contributed by atoms with van der Waals surface area (Å²) in [7, 11) is 4.08. The molecule has 0 aliphatic carbocycles. The van der Waals surface area contributed by atoms with Gasteiger partial charge < -0.3 is 84.8 Å². The average molecular weight is 1460 g/mol. The largest absolute Gasteiger partial charge is 0.573 e. The number of carbonyl (C=O) groups is 9. The van der Waals surface area contributed by atoms with Crippen LogP contribution in [-0.4, -0.2) is 143 Å². The van der Waals surface area contributed by atoms with Crippen LogP contribution in [0, 0.1) is 0 Å². The summed E-state index contributed by atoms with van der Waals surface area (Å²) in [6.45, 7) is 8.34. The van der Waals surface area contributed by atoms with Crippen molar-refractivity contribution in [3.05, 3.63) is 102 Å². The van der Waals surface area contributed by atoms with Gasteiger partial charge in [-0.1, -0.05) is 0 Å². The number of alkyl halides is 9. The molecule has 0 saturated carbocycles. The van der Waals surface area contributed by atoms with Gasteiger partial charge in [0.1, 0.15) is 37.1 Å². The van der Waals surface area contributed by atoms with Crippen LogP contribution < -0.4 is 45.1 Å². The Morgan fingerprint density at radius 2 is 0.569 bits per heavy atom. The third kappa shape index (κ3) is 19.0. The van der Waals surface area contributed by atoms with E-state index in [2.05, 4.69) is 14.2 Å². The summed E-state index contributed by atoms with van der Waals surface area (Å²) in [4.78, 5) is 144. The molecule has 0 fully saturated rings. The van der Waals surface area contributed by atoms with Crippen molar-refractivity contribution in [3.63, 3.8) is 0 Å². The molecular formula is C63H60F9N3O27. The van der Waals surface area contributed by atoms with E-state index < -0.39 is 181 Å². The van der Waals surface area contributed by atoms with Gasteiger partial charge in [-0.15, -0.1) is 39.5 Å². The number of halogens is 9. The van der Waals surface area contributed by atoms with Crippen LogP contribution in [0.15, 0.2) is 69.0 Å². The maximum atomic E-state index is 13.1. The van der Waals surface area contributed by atoms with Gasteiger partial charge in [0, 0.05) is 99.6 Å². The molecule has 0 N–H and O–H groups in total. The van der Waals surface area contributed by atoms with E-state index in [0.29, 0.717) is 0 Å². The number of rotatable bonds is 15. The second-order valence-corrected chi connectivity index (χ2v) is 22.2.